The Morgan fingerprint density at radius 3 is 2.21 bits per heavy atom. The third-order valence-electron chi connectivity index (χ3n) is 3.75. The Balaban J connectivity index is 2.03. The maximum absolute atomic E-state index is 8.66. The lowest BCUT2D eigenvalue weighted by atomic mass is 9.72. The molecule has 0 bridgehead atoms. The Kier molecular flexibility index (Phi) is 5.54. The summed E-state index contributed by atoms with van der Waals surface area (Å²) in [5, 5.41) is 8.66. The van der Waals surface area contributed by atoms with Gasteiger partial charge in [0.05, 0.1) is 0 Å². The second-order valence-electron chi connectivity index (χ2n) is 5.26. The lowest BCUT2D eigenvalue weighted by Gasteiger charge is -2.33. The zero-order valence-corrected chi connectivity index (χ0v) is 9.73. The molecule has 0 aliphatic heterocycles. The van der Waals surface area contributed by atoms with Crippen LogP contribution in [-0.2, 0) is 0 Å². The SMILES string of the molecule is CC1(CCCCCCO)CCCCC1. The van der Waals surface area contributed by atoms with Gasteiger partial charge in [-0.2, -0.15) is 0 Å². The molecule has 1 heteroatoms. The summed E-state index contributed by atoms with van der Waals surface area (Å²) in [5.41, 5.74) is 0.664. The van der Waals surface area contributed by atoms with E-state index >= 15 is 0 Å². The summed E-state index contributed by atoms with van der Waals surface area (Å²) in [5.74, 6) is 0. The van der Waals surface area contributed by atoms with Gasteiger partial charge >= 0.3 is 0 Å². The van der Waals surface area contributed by atoms with E-state index in [-0.39, 0.29) is 0 Å². The van der Waals surface area contributed by atoms with Crippen molar-refractivity contribution in [3.63, 3.8) is 0 Å². The van der Waals surface area contributed by atoms with Crippen molar-refractivity contribution in [3.8, 4) is 0 Å². The van der Waals surface area contributed by atoms with E-state index in [1.165, 1.54) is 57.8 Å². The summed E-state index contributed by atoms with van der Waals surface area (Å²) >= 11 is 0. The first kappa shape index (κ1) is 12.0. The minimum absolute atomic E-state index is 0.372. The molecule has 1 aliphatic rings. The zero-order chi connectivity index (χ0) is 10.3. The summed E-state index contributed by atoms with van der Waals surface area (Å²) in [6.07, 6.45) is 13.6. The van der Waals surface area contributed by atoms with Gasteiger partial charge in [0.25, 0.3) is 0 Å². The maximum Gasteiger partial charge on any atom is 0.0431 e. The van der Waals surface area contributed by atoms with Crippen molar-refractivity contribution in [1.82, 2.24) is 0 Å². The minimum Gasteiger partial charge on any atom is -0.396 e. The Morgan fingerprint density at radius 1 is 0.929 bits per heavy atom. The van der Waals surface area contributed by atoms with Crippen LogP contribution in [-0.4, -0.2) is 11.7 Å². The van der Waals surface area contributed by atoms with Crippen molar-refractivity contribution in [2.24, 2.45) is 5.41 Å². The van der Waals surface area contributed by atoms with Gasteiger partial charge in [0.2, 0.25) is 0 Å². The van der Waals surface area contributed by atoms with E-state index in [1.54, 1.807) is 0 Å². The first-order valence-corrected chi connectivity index (χ1v) is 6.38. The molecule has 0 unspecified atom stereocenters. The molecule has 0 spiro atoms. The van der Waals surface area contributed by atoms with Crippen molar-refractivity contribution in [1.29, 1.82) is 0 Å². The average Bonchev–Trinajstić information content (AvgIpc) is 2.18. The monoisotopic (exact) mass is 198 g/mol. The van der Waals surface area contributed by atoms with Crippen LogP contribution in [0.1, 0.15) is 71.1 Å². The smallest absolute Gasteiger partial charge is 0.0431 e. The van der Waals surface area contributed by atoms with Crippen LogP contribution in [0.15, 0.2) is 0 Å². The minimum atomic E-state index is 0.372. The summed E-state index contributed by atoms with van der Waals surface area (Å²) in [4.78, 5) is 0. The molecule has 0 heterocycles. The number of unbranched alkanes of at least 4 members (excludes halogenated alkanes) is 3. The summed E-state index contributed by atoms with van der Waals surface area (Å²) in [7, 11) is 0. The Labute approximate surface area is 88.9 Å². The van der Waals surface area contributed by atoms with E-state index in [4.69, 9.17) is 5.11 Å². The topological polar surface area (TPSA) is 20.2 Å². The first-order chi connectivity index (χ1) is 6.77. The second kappa shape index (κ2) is 6.44. The van der Waals surface area contributed by atoms with E-state index < -0.39 is 0 Å². The van der Waals surface area contributed by atoms with Crippen LogP contribution in [0, 0.1) is 5.41 Å². The molecule has 0 amide bonds. The number of hydrogen-bond acceptors (Lipinski definition) is 1. The molecule has 0 aromatic carbocycles. The predicted molar refractivity (Wildman–Crippen MR) is 61.4 cm³/mol. The molecule has 14 heavy (non-hydrogen) atoms. The lowest BCUT2D eigenvalue weighted by molar-refractivity contribution is 0.191. The maximum atomic E-state index is 8.66. The molecule has 1 saturated carbocycles. The highest BCUT2D eigenvalue weighted by atomic mass is 16.2. The van der Waals surface area contributed by atoms with Gasteiger partial charge in [-0.1, -0.05) is 45.4 Å². The van der Waals surface area contributed by atoms with E-state index in [2.05, 4.69) is 6.92 Å². The highest BCUT2D eigenvalue weighted by Gasteiger charge is 2.25. The van der Waals surface area contributed by atoms with Crippen LogP contribution < -0.4 is 0 Å². The molecule has 1 rings (SSSR count). The van der Waals surface area contributed by atoms with E-state index in [9.17, 15) is 0 Å². The summed E-state index contributed by atoms with van der Waals surface area (Å²) in [6.45, 7) is 2.84. The Bertz CT molecular complexity index is 136. The Hall–Kier alpha value is -0.0400. The molecule has 0 atom stereocenters. The van der Waals surface area contributed by atoms with Gasteiger partial charge in [-0.15, -0.1) is 0 Å². The van der Waals surface area contributed by atoms with Gasteiger partial charge in [0.1, 0.15) is 0 Å². The number of hydrogen-bond donors (Lipinski definition) is 1. The van der Waals surface area contributed by atoms with Gasteiger partial charge in [-0.3, -0.25) is 0 Å². The third-order valence-corrected chi connectivity index (χ3v) is 3.75. The fourth-order valence-electron chi connectivity index (χ4n) is 2.67. The van der Waals surface area contributed by atoms with Crippen LogP contribution in [0.5, 0.6) is 0 Å². The Morgan fingerprint density at radius 2 is 1.57 bits per heavy atom. The van der Waals surface area contributed by atoms with Crippen molar-refractivity contribution in [2.75, 3.05) is 6.61 Å². The number of rotatable bonds is 6. The standard InChI is InChI=1S/C13H26O/c1-13(10-6-4-7-11-13)9-5-2-3-8-12-14/h14H,2-12H2,1H3. The molecule has 1 fully saturated rings. The quantitative estimate of drug-likeness (QED) is 0.642. The van der Waals surface area contributed by atoms with E-state index in [0.29, 0.717) is 12.0 Å². The molecule has 1 N–H and O–H groups in total. The van der Waals surface area contributed by atoms with Crippen molar-refractivity contribution in [2.45, 2.75) is 71.1 Å². The number of aliphatic hydroxyl groups excluding tert-OH is 1. The van der Waals surface area contributed by atoms with Gasteiger partial charge in [0.15, 0.2) is 0 Å². The molecule has 84 valence electrons. The summed E-state index contributed by atoms with van der Waals surface area (Å²) < 4.78 is 0. The van der Waals surface area contributed by atoms with Crippen LogP contribution in [0.25, 0.3) is 0 Å². The van der Waals surface area contributed by atoms with Crippen molar-refractivity contribution in [3.05, 3.63) is 0 Å². The lowest BCUT2D eigenvalue weighted by Crippen LogP contribution is -2.19. The zero-order valence-electron chi connectivity index (χ0n) is 9.73. The number of aliphatic hydroxyl groups is 1. The van der Waals surface area contributed by atoms with Gasteiger partial charge in [0, 0.05) is 6.61 Å². The fraction of sp³-hybridized carbons (Fsp3) is 1.00. The highest BCUT2D eigenvalue weighted by molar-refractivity contribution is 4.78. The van der Waals surface area contributed by atoms with E-state index in [0.717, 1.165) is 6.42 Å². The highest BCUT2D eigenvalue weighted by Crippen LogP contribution is 2.39. The van der Waals surface area contributed by atoms with Gasteiger partial charge in [-0.05, 0) is 31.1 Å². The molecule has 0 aromatic rings. The molecule has 0 saturated heterocycles. The first-order valence-electron chi connectivity index (χ1n) is 6.38. The molecular weight excluding hydrogens is 172 g/mol. The largest absolute Gasteiger partial charge is 0.396 e. The van der Waals surface area contributed by atoms with Gasteiger partial charge < -0.3 is 5.11 Å². The average molecular weight is 198 g/mol. The molecule has 1 nitrogen and oxygen atoms in total. The normalized spacial score (nSPS) is 21.0. The van der Waals surface area contributed by atoms with Crippen LogP contribution >= 0.6 is 0 Å². The van der Waals surface area contributed by atoms with Crippen LogP contribution in [0.3, 0.4) is 0 Å². The van der Waals surface area contributed by atoms with Crippen molar-refractivity contribution < 1.29 is 5.11 Å². The molecule has 0 radical (unpaired) electrons. The van der Waals surface area contributed by atoms with Crippen molar-refractivity contribution >= 4 is 0 Å². The van der Waals surface area contributed by atoms with Crippen LogP contribution in [0.2, 0.25) is 0 Å². The fourth-order valence-corrected chi connectivity index (χ4v) is 2.67. The molecule has 0 aromatic heterocycles. The van der Waals surface area contributed by atoms with Crippen LogP contribution in [0.4, 0.5) is 0 Å². The summed E-state index contributed by atoms with van der Waals surface area (Å²) in [6, 6.07) is 0. The molecule has 1 aliphatic carbocycles. The van der Waals surface area contributed by atoms with Gasteiger partial charge in [-0.25, -0.2) is 0 Å². The van der Waals surface area contributed by atoms with E-state index in [1.807, 2.05) is 0 Å². The third kappa shape index (κ3) is 4.45. The molecular formula is C13H26O. The second-order valence-corrected chi connectivity index (χ2v) is 5.26. The predicted octanol–water partition coefficient (Wildman–Crippen LogP) is 3.90.